The Morgan fingerprint density at radius 1 is 1.50 bits per heavy atom. The molecule has 1 aromatic rings. The molecule has 0 aliphatic carbocycles. The Morgan fingerprint density at radius 3 is 2.94 bits per heavy atom. The predicted octanol–water partition coefficient (Wildman–Crippen LogP) is -0.887. The Morgan fingerprint density at radius 2 is 2.28 bits per heavy atom. The highest BCUT2D eigenvalue weighted by atomic mass is 32.2. The van der Waals surface area contributed by atoms with Crippen molar-refractivity contribution in [3.05, 3.63) is 30.1 Å². The molecule has 1 aliphatic rings. The molecule has 0 aromatic heterocycles. The van der Waals surface area contributed by atoms with Gasteiger partial charge in [-0.25, -0.2) is 18.2 Å². The van der Waals surface area contributed by atoms with E-state index in [1.165, 1.54) is 18.2 Å². The molecule has 0 bridgehead atoms. The van der Waals surface area contributed by atoms with E-state index < -0.39 is 22.0 Å². The maximum atomic E-state index is 13.0. The molecule has 1 aliphatic heterocycles. The first-order valence-corrected chi connectivity index (χ1v) is 6.97. The molecule has 2 atom stereocenters. The van der Waals surface area contributed by atoms with Crippen LogP contribution >= 0.6 is 0 Å². The molecule has 1 heterocycles. The van der Waals surface area contributed by atoms with E-state index in [4.69, 9.17) is 5.73 Å². The van der Waals surface area contributed by atoms with Crippen LogP contribution in [0, 0.1) is 11.7 Å². The molecule has 0 amide bonds. The number of hydrogen-bond donors (Lipinski definition) is 4. The van der Waals surface area contributed by atoms with Crippen molar-refractivity contribution < 1.29 is 12.8 Å². The summed E-state index contributed by atoms with van der Waals surface area (Å²) in [5.41, 5.74) is 11.1. The highest BCUT2D eigenvalue weighted by Gasteiger charge is 2.30. The lowest BCUT2D eigenvalue weighted by Gasteiger charge is -2.18. The maximum Gasteiger partial charge on any atom is 0.242 e. The molecule has 2 unspecified atom stereocenters. The zero-order valence-electron chi connectivity index (χ0n) is 9.56. The lowest BCUT2D eigenvalue weighted by molar-refractivity contribution is 0.434. The molecule has 5 N–H and O–H groups in total. The first-order valence-electron chi connectivity index (χ1n) is 5.49. The molecule has 18 heavy (non-hydrogen) atoms. The summed E-state index contributed by atoms with van der Waals surface area (Å²) in [6.45, 7) is 0.920. The fourth-order valence-corrected chi connectivity index (χ4v) is 3.00. The number of nitrogens with one attached hydrogen (secondary N) is 3. The van der Waals surface area contributed by atoms with Crippen molar-refractivity contribution in [2.45, 2.75) is 11.1 Å². The summed E-state index contributed by atoms with van der Waals surface area (Å²) < 4.78 is 39.5. The van der Waals surface area contributed by atoms with Crippen LogP contribution in [0.15, 0.2) is 29.2 Å². The second-order valence-corrected chi connectivity index (χ2v) is 5.79. The molecule has 2 rings (SSSR count). The smallest absolute Gasteiger partial charge is 0.242 e. The van der Waals surface area contributed by atoms with E-state index in [1.807, 2.05) is 0 Å². The molecule has 0 radical (unpaired) electrons. The minimum Gasteiger partial charge on any atom is -0.330 e. The largest absolute Gasteiger partial charge is 0.330 e. The molecule has 0 saturated carbocycles. The third-order valence-electron chi connectivity index (χ3n) is 2.78. The number of nitrogens with two attached hydrogens (primary N) is 1. The third kappa shape index (κ3) is 2.85. The van der Waals surface area contributed by atoms with Gasteiger partial charge in [-0.3, -0.25) is 5.43 Å². The van der Waals surface area contributed by atoms with Gasteiger partial charge in [0.25, 0.3) is 0 Å². The minimum absolute atomic E-state index is 0.0478. The average molecular weight is 274 g/mol. The van der Waals surface area contributed by atoms with Gasteiger partial charge in [0, 0.05) is 12.5 Å². The fourth-order valence-electron chi connectivity index (χ4n) is 1.75. The first kappa shape index (κ1) is 13.4. The van der Waals surface area contributed by atoms with Crippen LogP contribution in [0.3, 0.4) is 0 Å². The molecule has 1 saturated heterocycles. The average Bonchev–Trinajstić information content (AvgIpc) is 2.75. The number of hydrazine groups is 1. The second kappa shape index (κ2) is 5.29. The van der Waals surface area contributed by atoms with Crippen molar-refractivity contribution in [2.24, 2.45) is 11.7 Å². The van der Waals surface area contributed by atoms with Crippen molar-refractivity contribution >= 4 is 10.0 Å². The topological polar surface area (TPSA) is 96.2 Å². The summed E-state index contributed by atoms with van der Waals surface area (Å²) in [6.07, 6.45) is -0.497. The Hall–Kier alpha value is -1.06. The lowest BCUT2D eigenvalue weighted by atomic mass is 10.1. The van der Waals surface area contributed by atoms with Crippen LogP contribution in [-0.2, 0) is 10.0 Å². The number of rotatable bonds is 4. The zero-order valence-corrected chi connectivity index (χ0v) is 10.4. The van der Waals surface area contributed by atoms with Gasteiger partial charge in [0.05, 0.1) is 11.1 Å². The Balaban J connectivity index is 2.17. The van der Waals surface area contributed by atoms with Gasteiger partial charge < -0.3 is 5.73 Å². The van der Waals surface area contributed by atoms with Gasteiger partial charge >= 0.3 is 0 Å². The van der Waals surface area contributed by atoms with Crippen molar-refractivity contribution in [3.8, 4) is 0 Å². The number of benzene rings is 1. The Labute approximate surface area is 105 Å². The predicted molar refractivity (Wildman–Crippen MR) is 64.2 cm³/mol. The van der Waals surface area contributed by atoms with Crippen molar-refractivity contribution in [2.75, 3.05) is 13.1 Å². The highest BCUT2D eigenvalue weighted by molar-refractivity contribution is 7.89. The van der Waals surface area contributed by atoms with Crippen molar-refractivity contribution in [3.63, 3.8) is 0 Å². The monoisotopic (exact) mass is 274 g/mol. The Kier molecular flexibility index (Phi) is 3.93. The van der Waals surface area contributed by atoms with E-state index in [0.29, 0.717) is 13.1 Å². The van der Waals surface area contributed by atoms with Crippen LogP contribution < -0.4 is 21.3 Å². The van der Waals surface area contributed by atoms with Gasteiger partial charge in [-0.1, -0.05) is 6.07 Å². The summed E-state index contributed by atoms with van der Waals surface area (Å²) in [5.74, 6) is -0.640. The van der Waals surface area contributed by atoms with Gasteiger partial charge in [0.1, 0.15) is 5.82 Å². The highest BCUT2D eigenvalue weighted by Crippen LogP contribution is 2.13. The molecule has 1 fully saturated rings. The molecule has 6 nitrogen and oxygen atoms in total. The minimum atomic E-state index is -3.76. The van der Waals surface area contributed by atoms with E-state index >= 15 is 0 Å². The van der Waals surface area contributed by atoms with Crippen LogP contribution in [0.25, 0.3) is 0 Å². The molecular formula is C10H15FN4O2S. The molecule has 0 spiro atoms. The SMILES string of the molecule is NCC1CNNC1NS(=O)(=O)c1cccc(F)c1. The second-order valence-electron chi connectivity index (χ2n) is 4.08. The zero-order chi connectivity index (χ0) is 13.2. The summed E-state index contributed by atoms with van der Waals surface area (Å²) in [7, 11) is -3.76. The van der Waals surface area contributed by atoms with E-state index in [-0.39, 0.29) is 10.8 Å². The fraction of sp³-hybridized carbons (Fsp3) is 0.400. The molecule has 100 valence electrons. The lowest BCUT2D eigenvalue weighted by Crippen LogP contribution is -2.48. The van der Waals surface area contributed by atoms with Crippen LogP contribution in [0.5, 0.6) is 0 Å². The quantitative estimate of drug-likeness (QED) is 0.571. The third-order valence-corrected chi connectivity index (χ3v) is 4.22. The molecule has 8 heteroatoms. The van der Waals surface area contributed by atoms with Crippen LogP contribution in [0.2, 0.25) is 0 Å². The number of halogens is 1. The van der Waals surface area contributed by atoms with E-state index in [1.54, 1.807) is 0 Å². The van der Waals surface area contributed by atoms with E-state index in [9.17, 15) is 12.8 Å². The Bertz CT molecular complexity index is 522. The molecule has 1 aromatic carbocycles. The van der Waals surface area contributed by atoms with Crippen LogP contribution in [-0.4, -0.2) is 27.7 Å². The molecular weight excluding hydrogens is 259 g/mol. The van der Waals surface area contributed by atoms with E-state index in [2.05, 4.69) is 15.6 Å². The van der Waals surface area contributed by atoms with Gasteiger partial charge in [-0.2, -0.15) is 4.72 Å². The van der Waals surface area contributed by atoms with Crippen LogP contribution in [0.1, 0.15) is 0 Å². The summed E-state index contributed by atoms with van der Waals surface area (Å²) in [4.78, 5) is -0.105. The van der Waals surface area contributed by atoms with Gasteiger partial charge in [-0.15, -0.1) is 0 Å². The van der Waals surface area contributed by atoms with Gasteiger partial charge in [0.15, 0.2) is 0 Å². The standard InChI is InChI=1S/C10H15FN4O2S/c11-8-2-1-3-9(4-8)18(16,17)15-10-7(5-12)6-13-14-10/h1-4,7,10,13-15H,5-6,12H2. The summed E-state index contributed by atoms with van der Waals surface area (Å²) in [5, 5.41) is 0. The van der Waals surface area contributed by atoms with Crippen LogP contribution in [0.4, 0.5) is 4.39 Å². The number of hydrogen-bond acceptors (Lipinski definition) is 5. The van der Waals surface area contributed by atoms with Crippen molar-refractivity contribution in [1.29, 1.82) is 0 Å². The summed E-state index contributed by atoms with van der Waals surface area (Å²) in [6, 6.07) is 4.86. The maximum absolute atomic E-state index is 13.0. The normalized spacial score (nSPS) is 24.3. The first-order chi connectivity index (χ1) is 8.53. The van der Waals surface area contributed by atoms with Gasteiger partial charge in [0.2, 0.25) is 10.0 Å². The van der Waals surface area contributed by atoms with Crippen molar-refractivity contribution in [1.82, 2.24) is 15.6 Å². The summed E-state index contributed by atoms with van der Waals surface area (Å²) >= 11 is 0. The van der Waals surface area contributed by atoms with Gasteiger partial charge in [-0.05, 0) is 24.7 Å². The number of sulfonamides is 1. The van der Waals surface area contributed by atoms with E-state index in [0.717, 1.165) is 6.07 Å².